The SMILES string of the molecule is C[C@@H](OC(=O)c1ccccc1NCCO)C(=O)Nc1ccccc1C(F)(F)F. The maximum absolute atomic E-state index is 13.0. The van der Waals surface area contributed by atoms with Gasteiger partial charge >= 0.3 is 12.1 Å². The maximum Gasteiger partial charge on any atom is 0.418 e. The second-order valence-corrected chi connectivity index (χ2v) is 5.78. The number of aliphatic hydroxyl groups is 1. The standard InChI is InChI=1S/C19H19F3N2O4/c1-12(17(26)24-16-9-5-3-7-14(16)19(20,21)22)28-18(27)13-6-2-4-8-15(13)23-10-11-25/h2-9,12,23,25H,10-11H2,1H3,(H,24,26)/t12-/m1/s1. The molecule has 9 heteroatoms. The quantitative estimate of drug-likeness (QED) is 0.625. The summed E-state index contributed by atoms with van der Waals surface area (Å²) in [5.41, 5.74) is -0.892. The number of rotatable bonds is 7. The second-order valence-electron chi connectivity index (χ2n) is 5.78. The van der Waals surface area contributed by atoms with Crippen molar-refractivity contribution >= 4 is 23.3 Å². The third kappa shape index (κ3) is 5.46. The number of halogens is 3. The van der Waals surface area contributed by atoms with E-state index in [-0.39, 0.29) is 18.7 Å². The highest BCUT2D eigenvalue weighted by molar-refractivity contribution is 6.00. The van der Waals surface area contributed by atoms with Gasteiger partial charge in [0.05, 0.1) is 23.4 Å². The van der Waals surface area contributed by atoms with Crippen LogP contribution < -0.4 is 10.6 Å². The minimum absolute atomic E-state index is 0.131. The van der Waals surface area contributed by atoms with Gasteiger partial charge in [-0.3, -0.25) is 4.79 Å². The molecule has 0 radical (unpaired) electrons. The summed E-state index contributed by atoms with van der Waals surface area (Å²) in [6.45, 7) is 1.31. The fraction of sp³-hybridized carbons (Fsp3) is 0.263. The van der Waals surface area contributed by atoms with Gasteiger partial charge in [0.15, 0.2) is 6.10 Å². The summed E-state index contributed by atoms with van der Waals surface area (Å²) in [4.78, 5) is 24.5. The molecule has 0 heterocycles. The first-order valence-electron chi connectivity index (χ1n) is 8.36. The molecule has 0 spiro atoms. The lowest BCUT2D eigenvalue weighted by Gasteiger charge is -2.17. The largest absolute Gasteiger partial charge is 0.449 e. The van der Waals surface area contributed by atoms with Gasteiger partial charge in [0, 0.05) is 12.2 Å². The molecule has 2 rings (SSSR count). The first-order chi connectivity index (χ1) is 13.2. The van der Waals surface area contributed by atoms with E-state index in [2.05, 4.69) is 10.6 Å². The molecule has 2 aromatic rings. The summed E-state index contributed by atoms with van der Waals surface area (Å²) >= 11 is 0. The van der Waals surface area contributed by atoms with Gasteiger partial charge in [-0.2, -0.15) is 13.2 Å². The molecule has 0 aliphatic carbocycles. The van der Waals surface area contributed by atoms with E-state index in [0.717, 1.165) is 12.1 Å². The number of carbonyl (C=O) groups excluding carboxylic acids is 2. The highest BCUT2D eigenvalue weighted by Crippen LogP contribution is 2.34. The lowest BCUT2D eigenvalue weighted by atomic mass is 10.1. The van der Waals surface area contributed by atoms with Crippen LogP contribution in [0, 0.1) is 0 Å². The third-order valence-electron chi connectivity index (χ3n) is 3.72. The monoisotopic (exact) mass is 396 g/mol. The lowest BCUT2D eigenvalue weighted by Crippen LogP contribution is -2.31. The van der Waals surface area contributed by atoms with Crippen molar-refractivity contribution in [2.75, 3.05) is 23.8 Å². The number of benzene rings is 2. The molecule has 0 saturated carbocycles. The summed E-state index contributed by atoms with van der Waals surface area (Å²) in [6, 6.07) is 10.8. The van der Waals surface area contributed by atoms with Crippen molar-refractivity contribution < 1.29 is 32.6 Å². The molecule has 150 valence electrons. The molecule has 2 aromatic carbocycles. The Bertz CT molecular complexity index is 840. The van der Waals surface area contributed by atoms with Gasteiger partial charge in [0.1, 0.15) is 0 Å². The van der Waals surface area contributed by atoms with E-state index in [1.165, 1.54) is 25.1 Å². The van der Waals surface area contributed by atoms with Gasteiger partial charge in [-0.05, 0) is 31.2 Å². The molecule has 1 amide bonds. The Morgan fingerprint density at radius 2 is 1.68 bits per heavy atom. The van der Waals surface area contributed by atoms with Crippen molar-refractivity contribution in [1.29, 1.82) is 0 Å². The maximum atomic E-state index is 13.0. The van der Waals surface area contributed by atoms with Crippen LogP contribution in [0.1, 0.15) is 22.8 Å². The van der Waals surface area contributed by atoms with Crippen LogP contribution in [0.25, 0.3) is 0 Å². The minimum Gasteiger partial charge on any atom is -0.449 e. The van der Waals surface area contributed by atoms with Gasteiger partial charge in [-0.1, -0.05) is 24.3 Å². The number of hydrogen-bond donors (Lipinski definition) is 3. The van der Waals surface area contributed by atoms with Crippen molar-refractivity contribution in [3.05, 3.63) is 59.7 Å². The van der Waals surface area contributed by atoms with Crippen molar-refractivity contribution in [2.45, 2.75) is 19.2 Å². The molecular weight excluding hydrogens is 377 g/mol. The first kappa shape index (κ1) is 21.2. The van der Waals surface area contributed by atoms with Crippen LogP contribution in [0.4, 0.5) is 24.5 Å². The van der Waals surface area contributed by atoms with Crippen LogP contribution in [0.15, 0.2) is 48.5 Å². The van der Waals surface area contributed by atoms with Gasteiger partial charge in [-0.15, -0.1) is 0 Å². The van der Waals surface area contributed by atoms with Gasteiger partial charge in [0.2, 0.25) is 0 Å². The Morgan fingerprint density at radius 3 is 2.32 bits per heavy atom. The van der Waals surface area contributed by atoms with E-state index >= 15 is 0 Å². The number of alkyl halides is 3. The first-order valence-corrected chi connectivity index (χ1v) is 8.36. The van der Waals surface area contributed by atoms with E-state index in [4.69, 9.17) is 9.84 Å². The van der Waals surface area contributed by atoms with E-state index in [1.807, 2.05) is 0 Å². The molecule has 0 unspecified atom stereocenters. The molecule has 28 heavy (non-hydrogen) atoms. The predicted molar refractivity (Wildman–Crippen MR) is 97.0 cm³/mol. The van der Waals surface area contributed by atoms with Crippen LogP contribution in [0.3, 0.4) is 0 Å². The number of aliphatic hydroxyl groups excluding tert-OH is 1. The molecular formula is C19H19F3N2O4. The van der Waals surface area contributed by atoms with Crippen LogP contribution in [0.2, 0.25) is 0 Å². The summed E-state index contributed by atoms with van der Waals surface area (Å²) < 4.78 is 44.1. The zero-order chi connectivity index (χ0) is 20.7. The topological polar surface area (TPSA) is 87.7 Å². The van der Waals surface area contributed by atoms with Gasteiger partial charge in [0.25, 0.3) is 5.91 Å². The Hall–Kier alpha value is -3.07. The van der Waals surface area contributed by atoms with Crippen molar-refractivity contribution in [3.63, 3.8) is 0 Å². The molecule has 3 N–H and O–H groups in total. The normalized spacial score (nSPS) is 12.2. The Morgan fingerprint density at radius 1 is 1.07 bits per heavy atom. The van der Waals surface area contributed by atoms with Crippen LogP contribution in [-0.4, -0.2) is 36.2 Å². The van der Waals surface area contributed by atoms with Crippen molar-refractivity contribution in [3.8, 4) is 0 Å². The average molecular weight is 396 g/mol. The van der Waals surface area contributed by atoms with E-state index in [0.29, 0.717) is 5.69 Å². The highest BCUT2D eigenvalue weighted by Gasteiger charge is 2.34. The van der Waals surface area contributed by atoms with Crippen LogP contribution in [-0.2, 0) is 15.7 Å². The summed E-state index contributed by atoms with van der Waals surface area (Å²) in [7, 11) is 0. The van der Waals surface area contributed by atoms with E-state index in [1.54, 1.807) is 18.2 Å². The lowest BCUT2D eigenvalue weighted by molar-refractivity contribution is -0.137. The molecule has 6 nitrogen and oxygen atoms in total. The zero-order valence-electron chi connectivity index (χ0n) is 14.9. The Labute approximate surface area is 159 Å². The molecule has 0 aliphatic heterocycles. The van der Waals surface area contributed by atoms with Gasteiger partial charge in [-0.25, -0.2) is 4.79 Å². The minimum atomic E-state index is -4.64. The fourth-order valence-electron chi connectivity index (χ4n) is 2.36. The fourth-order valence-corrected chi connectivity index (χ4v) is 2.36. The third-order valence-corrected chi connectivity index (χ3v) is 3.72. The molecule has 0 aliphatic rings. The number of nitrogens with one attached hydrogen (secondary N) is 2. The molecule has 0 fully saturated rings. The van der Waals surface area contributed by atoms with Crippen LogP contribution in [0.5, 0.6) is 0 Å². The number of hydrogen-bond acceptors (Lipinski definition) is 5. The smallest absolute Gasteiger partial charge is 0.418 e. The molecule has 0 bridgehead atoms. The summed E-state index contributed by atoms with van der Waals surface area (Å²) in [6.07, 6.45) is -5.97. The number of para-hydroxylation sites is 2. The number of esters is 1. The van der Waals surface area contributed by atoms with E-state index in [9.17, 15) is 22.8 Å². The van der Waals surface area contributed by atoms with E-state index < -0.39 is 35.4 Å². The molecule has 0 saturated heterocycles. The Balaban J connectivity index is 2.09. The highest BCUT2D eigenvalue weighted by atomic mass is 19.4. The number of ether oxygens (including phenoxy) is 1. The zero-order valence-corrected chi connectivity index (χ0v) is 14.9. The van der Waals surface area contributed by atoms with Crippen LogP contribution >= 0.6 is 0 Å². The van der Waals surface area contributed by atoms with Gasteiger partial charge < -0.3 is 20.5 Å². The Kier molecular flexibility index (Phi) is 7.00. The summed E-state index contributed by atoms with van der Waals surface area (Å²) in [5.74, 6) is -1.72. The van der Waals surface area contributed by atoms with Crippen molar-refractivity contribution in [2.24, 2.45) is 0 Å². The molecule has 0 aromatic heterocycles. The van der Waals surface area contributed by atoms with Crippen molar-refractivity contribution in [1.82, 2.24) is 0 Å². The number of anilines is 2. The second kappa shape index (κ2) is 9.23. The average Bonchev–Trinajstić information content (AvgIpc) is 2.66. The molecule has 1 atom stereocenters. The number of amides is 1. The predicted octanol–water partition coefficient (Wildman–Crippen LogP) is 3.29. The number of carbonyl (C=O) groups is 2. The summed E-state index contributed by atoms with van der Waals surface area (Å²) in [5, 5.41) is 13.9.